The summed E-state index contributed by atoms with van der Waals surface area (Å²) in [5.74, 6) is 0.961. The van der Waals surface area contributed by atoms with Gasteiger partial charge in [0.05, 0.1) is 13.2 Å². The minimum atomic E-state index is -0.154. The molecule has 0 radical (unpaired) electrons. The van der Waals surface area contributed by atoms with Gasteiger partial charge < -0.3 is 9.84 Å². The molecule has 0 aromatic heterocycles. The quantitative estimate of drug-likeness (QED) is 0.648. The van der Waals surface area contributed by atoms with Crippen molar-refractivity contribution in [1.29, 1.82) is 0 Å². The molecule has 0 amide bonds. The van der Waals surface area contributed by atoms with Gasteiger partial charge in [-0.05, 0) is 83.5 Å². The molecule has 0 bridgehead atoms. The predicted octanol–water partition coefficient (Wildman–Crippen LogP) is 4.50. The first-order valence-electron chi connectivity index (χ1n) is 9.99. The van der Waals surface area contributed by atoms with Gasteiger partial charge in [-0.1, -0.05) is 23.8 Å². The molecule has 2 aliphatic rings. The van der Waals surface area contributed by atoms with Crippen LogP contribution in [-0.4, -0.2) is 35.8 Å². The molecule has 3 nitrogen and oxygen atoms in total. The van der Waals surface area contributed by atoms with Crippen molar-refractivity contribution in [2.45, 2.75) is 51.8 Å². The van der Waals surface area contributed by atoms with Crippen molar-refractivity contribution in [3.63, 3.8) is 0 Å². The Balaban J connectivity index is 1.83. The highest BCUT2D eigenvalue weighted by Crippen LogP contribution is 2.41. The van der Waals surface area contributed by atoms with Gasteiger partial charge in [-0.25, -0.2) is 0 Å². The van der Waals surface area contributed by atoms with Crippen molar-refractivity contribution in [3.8, 4) is 5.75 Å². The summed E-state index contributed by atoms with van der Waals surface area (Å²) >= 11 is 0. The van der Waals surface area contributed by atoms with Crippen molar-refractivity contribution in [2.75, 3.05) is 13.7 Å². The summed E-state index contributed by atoms with van der Waals surface area (Å²) in [6.45, 7) is 6.27. The van der Waals surface area contributed by atoms with Gasteiger partial charge in [-0.2, -0.15) is 0 Å². The van der Waals surface area contributed by atoms with Gasteiger partial charge in [0, 0.05) is 19.1 Å². The van der Waals surface area contributed by atoms with E-state index in [1.807, 2.05) is 0 Å². The lowest BCUT2D eigenvalue weighted by atomic mass is 9.81. The number of nitrogens with zero attached hydrogens (tertiary/aromatic N) is 1. The first kappa shape index (κ1) is 17.0. The third kappa shape index (κ3) is 2.64. The molecule has 2 heterocycles. The van der Waals surface area contributed by atoms with Gasteiger partial charge in [0.15, 0.2) is 0 Å². The van der Waals surface area contributed by atoms with Crippen LogP contribution in [0.5, 0.6) is 5.75 Å². The second-order valence-electron chi connectivity index (χ2n) is 8.38. The molecule has 3 heteroatoms. The number of methoxy groups -OCH3 is 1. The maximum atomic E-state index is 10.2. The van der Waals surface area contributed by atoms with E-state index >= 15 is 0 Å². The Morgan fingerprint density at radius 2 is 1.81 bits per heavy atom. The SMILES string of the molecule is COc1cc2c3c(c4ccc(C)cc4c2cc1C)CN1CC[C@H](O)C[C@@H]1C3. The van der Waals surface area contributed by atoms with Gasteiger partial charge in [0.25, 0.3) is 0 Å². The van der Waals surface area contributed by atoms with E-state index in [0.717, 1.165) is 38.1 Å². The van der Waals surface area contributed by atoms with Crippen molar-refractivity contribution in [1.82, 2.24) is 4.90 Å². The highest BCUT2D eigenvalue weighted by atomic mass is 16.5. The average Bonchev–Trinajstić information content (AvgIpc) is 2.66. The molecule has 1 N–H and O–H groups in total. The van der Waals surface area contributed by atoms with Gasteiger partial charge in [-0.3, -0.25) is 4.90 Å². The fraction of sp³-hybridized carbons (Fsp3) is 0.417. The Kier molecular flexibility index (Phi) is 3.92. The molecule has 5 rings (SSSR count). The Morgan fingerprint density at radius 3 is 2.63 bits per heavy atom. The van der Waals surface area contributed by atoms with Crippen LogP contribution in [0.3, 0.4) is 0 Å². The van der Waals surface area contributed by atoms with Gasteiger partial charge in [0.1, 0.15) is 5.75 Å². The van der Waals surface area contributed by atoms with E-state index < -0.39 is 0 Å². The van der Waals surface area contributed by atoms with Crippen LogP contribution in [0.1, 0.15) is 35.1 Å². The standard InChI is InChI=1S/C24H27NO2/c1-14-4-5-18-19(8-14)20-9-15(2)24(27-3)12-22(20)21-11-16-10-17(26)6-7-25(16)13-23(18)21/h4-5,8-9,12,16-17,26H,6-7,10-11,13H2,1-3H3/t16-,17+/m1/s1. The molecular formula is C24H27NO2. The molecule has 27 heavy (non-hydrogen) atoms. The molecule has 1 fully saturated rings. The highest BCUT2D eigenvalue weighted by molar-refractivity contribution is 6.11. The molecular weight excluding hydrogens is 334 g/mol. The summed E-state index contributed by atoms with van der Waals surface area (Å²) in [7, 11) is 1.75. The first-order valence-corrected chi connectivity index (χ1v) is 9.99. The minimum absolute atomic E-state index is 0.154. The smallest absolute Gasteiger partial charge is 0.122 e. The second-order valence-corrected chi connectivity index (χ2v) is 8.38. The zero-order valence-corrected chi connectivity index (χ0v) is 16.4. The maximum Gasteiger partial charge on any atom is 0.122 e. The van der Waals surface area contributed by atoms with Crippen LogP contribution in [0.15, 0.2) is 30.3 Å². The van der Waals surface area contributed by atoms with Crippen LogP contribution >= 0.6 is 0 Å². The average molecular weight is 361 g/mol. The number of fused-ring (bicyclic) bond motifs is 7. The first-order chi connectivity index (χ1) is 13.0. The zero-order valence-electron chi connectivity index (χ0n) is 16.4. The van der Waals surface area contributed by atoms with Crippen molar-refractivity contribution < 1.29 is 9.84 Å². The van der Waals surface area contributed by atoms with Crippen molar-refractivity contribution in [3.05, 3.63) is 52.6 Å². The molecule has 140 valence electrons. The lowest BCUT2D eigenvalue weighted by Gasteiger charge is -2.42. The molecule has 3 aromatic rings. The third-order valence-electron chi connectivity index (χ3n) is 6.63. The Morgan fingerprint density at radius 1 is 1.00 bits per heavy atom. The van der Waals surface area contributed by atoms with E-state index in [-0.39, 0.29) is 6.10 Å². The third-order valence-corrected chi connectivity index (χ3v) is 6.63. The number of hydrogen-bond donors (Lipinski definition) is 1. The number of aliphatic hydroxyl groups is 1. The van der Waals surface area contributed by atoms with E-state index in [1.165, 1.54) is 43.8 Å². The second kappa shape index (κ2) is 6.22. The van der Waals surface area contributed by atoms with E-state index in [9.17, 15) is 5.11 Å². The van der Waals surface area contributed by atoms with Crippen molar-refractivity contribution >= 4 is 21.5 Å². The number of aryl methyl sites for hydroxylation is 2. The summed E-state index contributed by atoms with van der Waals surface area (Å²) in [5, 5.41) is 15.6. The molecule has 2 aliphatic heterocycles. The maximum absolute atomic E-state index is 10.2. The Hall–Kier alpha value is -2.10. The number of hydrogen-bond acceptors (Lipinski definition) is 3. The zero-order chi connectivity index (χ0) is 18.7. The monoisotopic (exact) mass is 361 g/mol. The van der Waals surface area contributed by atoms with E-state index in [1.54, 1.807) is 7.11 Å². The van der Waals surface area contributed by atoms with E-state index in [4.69, 9.17) is 4.74 Å². The van der Waals surface area contributed by atoms with E-state index in [2.05, 4.69) is 49.1 Å². The van der Waals surface area contributed by atoms with Gasteiger partial charge >= 0.3 is 0 Å². The minimum Gasteiger partial charge on any atom is -0.496 e. The largest absolute Gasteiger partial charge is 0.496 e. The topological polar surface area (TPSA) is 32.7 Å². The molecule has 2 atom stereocenters. The summed E-state index contributed by atoms with van der Waals surface area (Å²) in [6.07, 6.45) is 2.64. The molecule has 0 aliphatic carbocycles. The van der Waals surface area contributed by atoms with Crippen LogP contribution in [0, 0.1) is 13.8 Å². The lowest BCUT2D eigenvalue weighted by molar-refractivity contribution is 0.0322. The highest BCUT2D eigenvalue weighted by Gasteiger charge is 2.33. The predicted molar refractivity (Wildman–Crippen MR) is 111 cm³/mol. The summed E-state index contributed by atoms with van der Waals surface area (Å²) < 4.78 is 5.65. The Labute approximate surface area is 160 Å². The molecule has 0 spiro atoms. The summed E-state index contributed by atoms with van der Waals surface area (Å²) in [4.78, 5) is 2.58. The van der Waals surface area contributed by atoms with Crippen LogP contribution in [0.4, 0.5) is 0 Å². The van der Waals surface area contributed by atoms with Crippen molar-refractivity contribution in [2.24, 2.45) is 0 Å². The fourth-order valence-electron chi connectivity index (χ4n) is 5.20. The van der Waals surface area contributed by atoms with Crippen LogP contribution < -0.4 is 4.74 Å². The molecule has 0 saturated carbocycles. The number of piperidine rings is 1. The molecule has 1 saturated heterocycles. The lowest BCUT2D eigenvalue weighted by Crippen LogP contribution is -2.47. The van der Waals surface area contributed by atoms with Crippen LogP contribution in [-0.2, 0) is 13.0 Å². The number of ether oxygens (including phenoxy) is 1. The molecule has 0 unspecified atom stereocenters. The normalized spacial score (nSPS) is 22.7. The number of rotatable bonds is 1. The number of benzene rings is 3. The van der Waals surface area contributed by atoms with E-state index in [0.29, 0.717) is 6.04 Å². The van der Waals surface area contributed by atoms with Gasteiger partial charge in [-0.15, -0.1) is 0 Å². The number of aliphatic hydroxyl groups excluding tert-OH is 1. The van der Waals surface area contributed by atoms with Gasteiger partial charge in [0.2, 0.25) is 0 Å². The summed E-state index contributed by atoms with van der Waals surface area (Å²) in [6, 6.07) is 11.8. The van der Waals surface area contributed by atoms with Crippen LogP contribution in [0.2, 0.25) is 0 Å². The fourth-order valence-corrected chi connectivity index (χ4v) is 5.20. The summed E-state index contributed by atoms with van der Waals surface area (Å²) in [5.41, 5.74) is 5.40. The van der Waals surface area contributed by atoms with Crippen LogP contribution in [0.25, 0.3) is 21.5 Å². The molecule has 3 aromatic carbocycles. The Bertz CT molecular complexity index is 1060.